The topological polar surface area (TPSA) is 188 Å². The van der Waals surface area contributed by atoms with Crippen molar-refractivity contribution in [3.8, 4) is 33.6 Å². The minimum absolute atomic E-state index is 0.0949. The van der Waals surface area contributed by atoms with Crippen molar-refractivity contribution in [1.29, 1.82) is 0 Å². The van der Waals surface area contributed by atoms with Gasteiger partial charge < -0.3 is 44.3 Å². The molecule has 63 heavy (non-hydrogen) atoms. The first kappa shape index (κ1) is 40.7. The normalized spacial score (nSPS) is 23.7. The van der Waals surface area contributed by atoms with Gasteiger partial charge in [0.2, 0.25) is 11.8 Å². The zero-order valence-electron chi connectivity index (χ0n) is 36.4. The van der Waals surface area contributed by atoms with Crippen molar-refractivity contribution in [1.82, 2.24) is 40.4 Å². The maximum Gasteiger partial charge on any atom is 0.407 e. The van der Waals surface area contributed by atoms with Crippen LogP contribution in [0.1, 0.15) is 90.0 Å². The number of benzene rings is 3. The average Bonchev–Trinajstić information content (AvgIpc) is 4.16. The molecule has 2 aliphatic carbocycles. The van der Waals surface area contributed by atoms with Crippen LogP contribution in [0.3, 0.4) is 0 Å². The number of nitrogens with zero attached hydrogens (tertiary/aromatic N) is 4. The third kappa shape index (κ3) is 6.78. The molecular formula is C48H54N8O7. The van der Waals surface area contributed by atoms with Crippen molar-refractivity contribution in [3.63, 3.8) is 0 Å². The van der Waals surface area contributed by atoms with Gasteiger partial charge in [0.05, 0.1) is 50.1 Å². The summed E-state index contributed by atoms with van der Waals surface area (Å²) in [5.41, 5.74) is 7.29. The Morgan fingerprint density at radius 3 is 1.60 bits per heavy atom. The monoisotopic (exact) mass is 854 g/mol. The molecule has 4 fully saturated rings. The van der Waals surface area contributed by atoms with Crippen LogP contribution in [-0.2, 0) is 19.1 Å². The summed E-state index contributed by atoms with van der Waals surface area (Å²) in [6.45, 7) is 7.71. The standard InChI is InChI=1S/C48H54N8O7/c1-23(2)39(53-47(59)61-5)45(57)55-29-13-11-27(19-29)41(55)43-49-21-33(51-43)26-9-7-25(8-10-26)31-15-16-32(38-36-18-17-35(63-36)37(31)38)34-22-50-44(52-34)42-28-12-14-30(20-28)56(42)46(58)40(24(3)4)54-48(60)62-6/h7-10,15-18,21-24,27-30,39-42H,11-14,19-20H2,1-6H3,(H,49,51)(H,50,52)(H,53,59)(H,54,60)/t27-,28-,29+,30+,39-,40-,41-,42-/m0/s1. The van der Waals surface area contributed by atoms with Gasteiger partial charge in [0.1, 0.15) is 34.9 Å². The minimum atomic E-state index is -0.708. The number of amides is 4. The lowest BCUT2D eigenvalue weighted by Crippen LogP contribution is -2.54. The van der Waals surface area contributed by atoms with Crippen molar-refractivity contribution >= 4 is 45.9 Å². The number of fused-ring (bicyclic) bond motifs is 9. The second kappa shape index (κ2) is 15.8. The number of imidazole rings is 2. The Bertz CT molecular complexity index is 2700. The van der Waals surface area contributed by atoms with Crippen molar-refractivity contribution in [2.24, 2.45) is 23.7 Å². The van der Waals surface area contributed by atoms with Crippen LogP contribution >= 0.6 is 0 Å². The molecule has 0 spiro atoms. The number of nitrogens with one attached hydrogen (secondary N) is 4. The molecule has 0 radical (unpaired) electrons. The zero-order chi connectivity index (χ0) is 43.8. The fourth-order valence-corrected chi connectivity index (χ4v) is 11.3. The second-order valence-corrected chi connectivity index (χ2v) is 18.6. The molecule has 6 heterocycles. The lowest BCUT2D eigenvalue weighted by molar-refractivity contribution is -0.140. The van der Waals surface area contributed by atoms with E-state index in [-0.39, 0.29) is 53.7 Å². The molecule has 2 saturated carbocycles. The van der Waals surface area contributed by atoms with E-state index in [1.54, 1.807) is 0 Å². The fourth-order valence-electron chi connectivity index (χ4n) is 11.3. The average molecular weight is 855 g/mol. The van der Waals surface area contributed by atoms with Crippen LogP contribution < -0.4 is 10.6 Å². The SMILES string of the molecule is COC(=O)N[C@H](C(=O)N1[C@@H]2CC[C@@H](C2)[C@H]1c1ncc(-c2ccc(-c3ccc(-c4cnc([C@@H]5[C@H]6CC[C@H](C6)N5C(=O)[C@@H](NC(=O)OC)C(C)C)[nH]4)c4c5ccc(o5)c34)cc2)[nH]1)C(C)C. The van der Waals surface area contributed by atoms with Gasteiger partial charge in [-0.05, 0) is 91.0 Å². The highest BCUT2D eigenvalue weighted by Gasteiger charge is 2.53. The lowest BCUT2D eigenvalue weighted by atomic mass is 9.93. The number of piperidine rings is 2. The third-order valence-corrected chi connectivity index (χ3v) is 14.3. The first-order valence-electron chi connectivity index (χ1n) is 22.3. The number of carbonyl (C=O) groups excluding carboxylic acids is 4. The van der Waals surface area contributed by atoms with E-state index in [2.05, 4.69) is 57.0 Å². The molecule has 6 bridgehead atoms. The number of ether oxygens (including phenoxy) is 2. The van der Waals surface area contributed by atoms with E-state index < -0.39 is 24.3 Å². The number of H-pyrrole nitrogens is 2. The highest BCUT2D eigenvalue weighted by atomic mass is 16.5. The summed E-state index contributed by atoms with van der Waals surface area (Å²) in [5.74, 6) is 1.62. The number of furan rings is 2. The van der Waals surface area contributed by atoms with E-state index in [9.17, 15) is 19.2 Å². The lowest BCUT2D eigenvalue weighted by Gasteiger charge is -2.37. The van der Waals surface area contributed by atoms with Crippen LogP contribution in [0, 0.1) is 23.7 Å². The van der Waals surface area contributed by atoms with Gasteiger partial charge in [0.25, 0.3) is 0 Å². The number of alkyl carbamates (subject to hydrolysis) is 2. The number of aromatic nitrogens is 4. The molecule has 2 saturated heterocycles. The minimum Gasteiger partial charge on any atom is -0.456 e. The Morgan fingerprint density at radius 2 is 1.10 bits per heavy atom. The summed E-state index contributed by atoms with van der Waals surface area (Å²) >= 11 is 0. The van der Waals surface area contributed by atoms with Crippen LogP contribution in [0.5, 0.6) is 0 Å². The molecule has 15 heteroatoms. The maximum atomic E-state index is 14.1. The summed E-state index contributed by atoms with van der Waals surface area (Å²) in [6.07, 6.45) is 8.21. The van der Waals surface area contributed by atoms with Gasteiger partial charge in [-0.15, -0.1) is 0 Å². The molecule has 4 aromatic heterocycles. The number of methoxy groups -OCH3 is 2. The van der Waals surface area contributed by atoms with Crippen LogP contribution in [0.15, 0.2) is 65.3 Å². The number of aromatic amines is 2. The smallest absolute Gasteiger partial charge is 0.407 e. The summed E-state index contributed by atoms with van der Waals surface area (Å²) in [5, 5.41) is 7.56. The van der Waals surface area contributed by atoms with Crippen molar-refractivity contribution in [2.75, 3.05) is 14.2 Å². The number of carbonyl (C=O) groups is 4. The van der Waals surface area contributed by atoms with Gasteiger partial charge in [-0.1, -0.05) is 64.1 Å². The second-order valence-electron chi connectivity index (χ2n) is 18.6. The summed E-state index contributed by atoms with van der Waals surface area (Å²) in [4.78, 5) is 73.5. The molecule has 2 aliphatic heterocycles. The molecule has 328 valence electrons. The largest absolute Gasteiger partial charge is 0.456 e. The van der Waals surface area contributed by atoms with Crippen molar-refractivity contribution in [2.45, 2.75) is 102 Å². The Morgan fingerprint density at radius 1 is 0.635 bits per heavy atom. The maximum absolute atomic E-state index is 14.1. The van der Waals surface area contributed by atoms with Gasteiger partial charge >= 0.3 is 12.2 Å². The Balaban J connectivity index is 0.911. The van der Waals surface area contributed by atoms with Gasteiger partial charge in [0.15, 0.2) is 0 Å². The molecule has 4 amide bonds. The van der Waals surface area contributed by atoms with E-state index in [4.69, 9.17) is 23.9 Å². The predicted molar refractivity (Wildman–Crippen MR) is 235 cm³/mol. The summed E-state index contributed by atoms with van der Waals surface area (Å²) in [7, 11) is 2.61. The Labute approximate surface area is 365 Å². The van der Waals surface area contributed by atoms with Gasteiger partial charge in [-0.2, -0.15) is 0 Å². The highest BCUT2D eigenvalue weighted by molar-refractivity contribution is 6.19. The molecule has 0 unspecified atom stereocenters. The third-order valence-electron chi connectivity index (χ3n) is 14.3. The molecule has 4 N–H and O–H groups in total. The predicted octanol–water partition coefficient (Wildman–Crippen LogP) is 8.34. The molecule has 6 aromatic rings. The number of hydrogen-bond acceptors (Lipinski definition) is 9. The van der Waals surface area contributed by atoms with Gasteiger partial charge in [-0.3, -0.25) is 9.59 Å². The zero-order valence-corrected chi connectivity index (χ0v) is 36.4. The van der Waals surface area contributed by atoms with Crippen LogP contribution in [0.4, 0.5) is 9.59 Å². The molecule has 2 aromatic carbocycles. The number of hydrogen-bond donors (Lipinski definition) is 4. The van der Waals surface area contributed by atoms with E-state index in [0.717, 1.165) is 106 Å². The van der Waals surface area contributed by atoms with Crippen LogP contribution in [0.25, 0.3) is 55.6 Å². The van der Waals surface area contributed by atoms with Crippen LogP contribution in [0.2, 0.25) is 0 Å². The Kier molecular flexibility index (Phi) is 10.2. The molecule has 4 aliphatic rings. The van der Waals surface area contributed by atoms with E-state index >= 15 is 0 Å². The Hall–Kier alpha value is -6.38. The quantitative estimate of drug-likeness (QED) is 0.0994. The summed E-state index contributed by atoms with van der Waals surface area (Å²) < 4.78 is 16.0. The van der Waals surface area contributed by atoms with Gasteiger partial charge in [0, 0.05) is 28.4 Å². The first-order chi connectivity index (χ1) is 30.4. The molecule has 15 nitrogen and oxygen atoms in total. The number of likely N-dealkylation sites (tertiary alicyclic amines) is 2. The number of rotatable bonds is 11. The van der Waals surface area contributed by atoms with E-state index in [0.29, 0.717) is 5.92 Å². The van der Waals surface area contributed by atoms with Crippen LogP contribution in [-0.4, -0.2) is 92.1 Å². The van der Waals surface area contributed by atoms with E-state index in [1.807, 2.05) is 62.0 Å². The molecule has 10 rings (SSSR count). The summed E-state index contributed by atoms with van der Waals surface area (Å²) in [6, 6.07) is 15.0. The fraction of sp³-hybridized carbons (Fsp3) is 0.458. The highest BCUT2D eigenvalue weighted by Crippen LogP contribution is 2.52. The van der Waals surface area contributed by atoms with Gasteiger partial charge in [-0.25, -0.2) is 19.6 Å². The van der Waals surface area contributed by atoms with Crippen molar-refractivity contribution in [3.05, 3.63) is 72.6 Å². The molecule has 8 atom stereocenters. The first-order valence-corrected chi connectivity index (χ1v) is 22.3. The van der Waals surface area contributed by atoms with Crippen molar-refractivity contribution < 1.29 is 33.1 Å². The van der Waals surface area contributed by atoms with E-state index in [1.165, 1.54) is 14.2 Å². The molecular weight excluding hydrogens is 801 g/mol.